The summed E-state index contributed by atoms with van der Waals surface area (Å²) in [7, 11) is 0. The average molecular weight is 295 g/mol. The SMILES string of the molecule is CCOc1ccc(OCc2ccccc2)c2[nH]c(=O)ccc12. The van der Waals surface area contributed by atoms with E-state index in [0.29, 0.717) is 24.5 Å². The number of aromatic amines is 1. The number of fused-ring (bicyclic) bond motifs is 1. The second-order valence-corrected chi connectivity index (χ2v) is 4.88. The summed E-state index contributed by atoms with van der Waals surface area (Å²) >= 11 is 0. The van der Waals surface area contributed by atoms with E-state index in [0.717, 1.165) is 16.7 Å². The van der Waals surface area contributed by atoms with Gasteiger partial charge in [0.15, 0.2) is 0 Å². The fourth-order valence-corrected chi connectivity index (χ4v) is 2.34. The Kier molecular flexibility index (Phi) is 4.10. The summed E-state index contributed by atoms with van der Waals surface area (Å²) in [5.41, 5.74) is 1.57. The molecule has 0 saturated carbocycles. The van der Waals surface area contributed by atoms with E-state index in [1.807, 2.05) is 49.4 Å². The molecule has 3 aromatic rings. The minimum atomic E-state index is -0.161. The normalized spacial score (nSPS) is 10.6. The summed E-state index contributed by atoms with van der Waals surface area (Å²) in [5.74, 6) is 1.38. The van der Waals surface area contributed by atoms with Crippen LogP contribution in [0, 0.1) is 0 Å². The zero-order valence-corrected chi connectivity index (χ0v) is 12.3. The van der Waals surface area contributed by atoms with Crippen LogP contribution in [0.3, 0.4) is 0 Å². The Morgan fingerprint density at radius 2 is 1.68 bits per heavy atom. The average Bonchev–Trinajstić information content (AvgIpc) is 2.55. The van der Waals surface area contributed by atoms with Crippen LogP contribution < -0.4 is 15.0 Å². The van der Waals surface area contributed by atoms with E-state index in [9.17, 15) is 4.79 Å². The van der Waals surface area contributed by atoms with Gasteiger partial charge in [0.25, 0.3) is 0 Å². The van der Waals surface area contributed by atoms with Crippen LogP contribution in [0.5, 0.6) is 11.5 Å². The molecule has 1 aromatic heterocycles. The number of hydrogen-bond acceptors (Lipinski definition) is 3. The predicted octanol–water partition coefficient (Wildman–Crippen LogP) is 3.51. The summed E-state index contributed by atoms with van der Waals surface area (Å²) in [6.07, 6.45) is 0. The van der Waals surface area contributed by atoms with Gasteiger partial charge in [0, 0.05) is 11.5 Å². The first kappa shape index (κ1) is 14.2. The highest BCUT2D eigenvalue weighted by Gasteiger charge is 2.09. The summed E-state index contributed by atoms with van der Waals surface area (Å²) in [6, 6.07) is 16.8. The van der Waals surface area contributed by atoms with Crippen LogP contribution in [0.15, 0.2) is 59.4 Å². The number of nitrogens with one attached hydrogen (secondary N) is 1. The Hall–Kier alpha value is -2.75. The van der Waals surface area contributed by atoms with Gasteiger partial charge in [-0.1, -0.05) is 30.3 Å². The molecule has 0 unspecified atom stereocenters. The van der Waals surface area contributed by atoms with Crippen molar-refractivity contribution in [2.75, 3.05) is 6.61 Å². The van der Waals surface area contributed by atoms with Gasteiger partial charge in [0.2, 0.25) is 5.56 Å². The lowest BCUT2D eigenvalue weighted by molar-refractivity contribution is 0.308. The summed E-state index contributed by atoms with van der Waals surface area (Å²) in [5, 5.41) is 0.840. The lowest BCUT2D eigenvalue weighted by atomic mass is 10.2. The van der Waals surface area contributed by atoms with E-state index in [2.05, 4.69) is 4.98 Å². The van der Waals surface area contributed by atoms with Gasteiger partial charge < -0.3 is 14.5 Å². The number of pyridine rings is 1. The number of H-pyrrole nitrogens is 1. The molecule has 22 heavy (non-hydrogen) atoms. The van der Waals surface area contributed by atoms with Crippen molar-refractivity contribution in [1.82, 2.24) is 4.98 Å². The molecule has 112 valence electrons. The Morgan fingerprint density at radius 3 is 2.45 bits per heavy atom. The van der Waals surface area contributed by atoms with E-state index in [1.165, 1.54) is 6.07 Å². The highest BCUT2D eigenvalue weighted by Crippen LogP contribution is 2.31. The quantitative estimate of drug-likeness (QED) is 0.783. The molecule has 4 heteroatoms. The van der Waals surface area contributed by atoms with Crippen molar-refractivity contribution in [2.45, 2.75) is 13.5 Å². The van der Waals surface area contributed by atoms with Gasteiger partial charge >= 0.3 is 0 Å². The van der Waals surface area contributed by atoms with Crippen LogP contribution in [0.4, 0.5) is 0 Å². The molecule has 0 radical (unpaired) electrons. The highest BCUT2D eigenvalue weighted by atomic mass is 16.5. The monoisotopic (exact) mass is 295 g/mol. The van der Waals surface area contributed by atoms with Gasteiger partial charge in [-0.25, -0.2) is 0 Å². The Morgan fingerprint density at radius 1 is 0.909 bits per heavy atom. The van der Waals surface area contributed by atoms with Crippen LogP contribution in [0.2, 0.25) is 0 Å². The molecule has 2 aromatic carbocycles. The maximum Gasteiger partial charge on any atom is 0.248 e. The van der Waals surface area contributed by atoms with E-state index < -0.39 is 0 Å². The van der Waals surface area contributed by atoms with Crippen molar-refractivity contribution in [3.05, 3.63) is 70.5 Å². The summed E-state index contributed by atoms with van der Waals surface area (Å²) in [6.45, 7) is 2.94. The van der Waals surface area contributed by atoms with Crippen molar-refractivity contribution >= 4 is 10.9 Å². The number of benzene rings is 2. The number of aromatic nitrogens is 1. The predicted molar refractivity (Wildman–Crippen MR) is 86.5 cm³/mol. The van der Waals surface area contributed by atoms with Gasteiger partial charge in [-0.3, -0.25) is 4.79 Å². The van der Waals surface area contributed by atoms with E-state index in [4.69, 9.17) is 9.47 Å². The largest absolute Gasteiger partial charge is 0.493 e. The zero-order valence-electron chi connectivity index (χ0n) is 12.3. The third kappa shape index (κ3) is 2.96. The molecule has 0 aliphatic carbocycles. The number of hydrogen-bond donors (Lipinski definition) is 1. The maximum absolute atomic E-state index is 11.6. The Labute approximate surface area is 128 Å². The molecular weight excluding hydrogens is 278 g/mol. The van der Waals surface area contributed by atoms with Gasteiger partial charge in [-0.05, 0) is 30.7 Å². The first-order chi connectivity index (χ1) is 10.8. The van der Waals surface area contributed by atoms with Crippen molar-refractivity contribution < 1.29 is 9.47 Å². The molecular formula is C18H17NO3. The number of rotatable bonds is 5. The van der Waals surface area contributed by atoms with Crippen molar-refractivity contribution in [1.29, 1.82) is 0 Å². The standard InChI is InChI=1S/C18H17NO3/c1-2-21-15-9-10-16(18-14(15)8-11-17(20)19-18)22-12-13-6-4-3-5-7-13/h3-11H,2,12H2,1H3,(H,19,20). The van der Waals surface area contributed by atoms with Gasteiger partial charge in [-0.2, -0.15) is 0 Å². The molecule has 0 amide bonds. The van der Waals surface area contributed by atoms with E-state index >= 15 is 0 Å². The molecule has 0 atom stereocenters. The minimum absolute atomic E-state index is 0.161. The molecule has 4 nitrogen and oxygen atoms in total. The molecule has 0 saturated heterocycles. The Balaban J connectivity index is 1.97. The molecule has 1 heterocycles. The summed E-state index contributed by atoms with van der Waals surface area (Å²) < 4.78 is 11.5. The van der Waals surface area contributed by atoms with E-state index in [1.54, 1.807) is 6.07 Å². The van der Waals surface area contributed by atoms with Crippen LogP contribution in [-0.4, -0.2) is 11.6 Å². The second kappa shape index (κ2) is 6.35. The Bertz CT molecular complexity index is 825. The third-order valence-electron chi connectivity index (χ3n) is 3.35. The summed E-state index contributed by atoms with van der Waals surface area (Å²) in [4.78, 5) is 14.5. The fourth-order valence-electron chi connectivity index (χ4n) is 2.34. The van der Waals surface area contributed by atoms with Crippen molar-refractivity contribution in [2.24, 2.45) is 0 Å². The molecule has 0 fully saturated rings. The molecule has 3 rings (SSSR count). The zero-order chi connectivity index (χ0) is 15.4. The van der Waals surface area contributed by atoms with Crippen LogP contribution in [0.25, 0.3) is 10.9 Å². The van der Waals surface area contributed by atoms with Gasteiger partial charge in [-0.15, -0.1) is 0 Å². The lowest BCUT2D eigenvalue weighted by Gasteiger charge is -2.12. The fraction of sp³-hybridized carbons (Fsp3) is 0.167. The van der Waals surface area contributed by atoms with Gasteiger partial charge in [0.1, 0.15) is 18.1 Å². The van der Waals surface area contributed by atoms with Crippen molar-refractivity contribution in [3.8, 4) is 11.5 Å². The molecule has 1 N–H and O–H groups in total. The first-order valence-electron chi connectivity index (χ1n) is 7.23. The third-order valence-corrected chi connectivity index (χ3v) is 3.35. The molecule has 0 spiro atoms. The molecule has 0 bridgehead atoms. The van der Waals surface area contributed by atoms with Crippen LogP contribution in [-0.2, 0) is 6.61 Å². The van der Waals surface area contributed by atoms with E-state index in [-0.39, 0.29) is 5.56 Å². The maximum atomic E-state index is 11.6. The minimum Gasteiger partial charge on any atom is -0.493 e. The molecule has 0 aliphatic heterocycles. The van der Waals surface area contributed by atoms with Crippen molar-refractivity contribution in [3.63, 3.8) is 0 Å². The highest BCUT2D eigenvalue weighted by molar-refractivity contribution is 5.89. The number of ether oxygens (including phenoxy) is 2. The lowest BCUT2D eigenvalue weighted by Crippen LogP contribution is -2.05. The van der Waals surface area contributed by atoms with Crippen LogP contribution >= 0.6 is 0 Å². The van der Waals surface area contributed by atoms with Crippen LogP contribution in [0.1, 0.15) is 12.5 Å². The molecule has 0 aliphatic rings. The smallest absolute Gasteiger partial charge is 0.248 e. The second-order valence-electron chi connectivity index (χ2n) is 4.88. The van der Waals surface area contributed by atoms with Gasteiger partial charge in [0.05, 0.1) is 12.1 Å². The first-order valence-corrected chi connectivity index (χ1v) is 7.23. The topological polar surface area (TPSA) is 51.3 Å².